The number of hydrogen-bond acceptors (Lipinski definition) is 4. The molecule has 1 atom stereocenters. The zero-order chi connectivity index (χ0) is 16.5. The average Bonchev–Trinajstić information content (AvgIpc) is 3.05. The number of hydrazone groups is 1. The van der Waals surface area contributed by atoms with Crippen LogP contribution in [0.5, 0.6) is 0 Å². The van der Waals surface area contributed by atoms with Crippen molar-refractivity contribution in [1.29, 1.82) is 0 Å². The molecule has 1 amide bonds. The largest absolute Gasteiger partial charge is 0.436 e. The summed E-state index contributed by atoms with van der Waals surface area (Å²) in [6.07, 6.45) is 1.34. The molecule has 1 aromatic heterocycles. The molecule has 1 radical (unpaired) electrons. The van der Waals surface area contributed by atoms with Crippen LogP contribution in [0.4, 0.5) is 0 Å². The molecule has 3 aromatic rings. The molecule has 1 unspecified atom stereocenters. The van der Waals surface area contributed by atoms with E-state index < -0.39 is 0 Å². The molecule has 119 valence electrons. The number of aromatic nitrogens is 1. The van der Waals surface area contributed by atoms with Crippen molar-refractivity contribution in [3.63, 3.8) is 0 Å². The molecule has 0 fully saturated rings. The van der Waals surface area contributed by atoms with Crippen LogP contribution in [0.3, 0.4) is 0 Å². The number of oxazole rings is 1. The predicted molar refractivity (Wildman–Crippen MR) is 91.4 cm³/mol. The molecule has 0 bridgehead atoms. The molecule has 0 spiro atoms. The van der Waals surface area contributed by atoms with E-state index in [9.17, 15) is 4.79 Å². The number of hydrogen-bond donors (Lipinski definition) is 1. The van der Waals surface area contributed by atoms with Crippen molar-refractivity contribution in [2.24, 2.45) is 11.0 Å². The second-order valence-electron chi connectivity index (χ2n) is 5.83. The lowest BCUT2D eigenvalue weighted by Gasteiger charge is -2.21. The SMILES string of the molecule is CCC1CC(=O)NN=C1c1ccc2nc(-c3cc[c]cc3)oc2c1. The van der Waals surface area contributed by atoms with E-state index in [4.69, 9.17) is 4.42 Å². The van der Waals surface area contributed by atoms with Crippen LogP contribution in [0.25, 0.3) is 22.6 Å². The molecule has 4 rings (SSSR count). The van der Waals surface area contributed by atoms with Gasteiger partial charge in [-0.3, -0.25) is 4.79 Å². The first-order chi connectivity index (χ1) is 11.7. The van der Waals surface area contributed by atoms with Crippen LogP contribution in [0, 0.1) is 12.0 Å². The minimum Gasteiger partial charge on any atom is -0.436 e. The first-order valence-electron chi connectivity index (χ1n) is 7.98. The zero-order valence-electron chi connectivity index (χ0n) is 13.2. The highest BCUT2D eigenvalue weighted by molar-refractivity contribution is 6.07. The van der Waals surface area contributed by atoms with Crippen LogP contribution >= 0.6 is 0 Å². The van der Waals surface area contributed by atoms with E-state index in [1.54, 1.807) is 0 Å². The Balaban J connectivity index is 1.75. The third kappa shape index (κ3) is 2.58. The van der Waals surface area contributed by atoms with Crippen molar-refractivity contribution in [3.8, 4) is 11.5 Å². The van der Waals surface area contributed by atoms with Gasteiger partial charge in [0.25, 0.3) is 0 Å². The van der Waals surface area contributed by atoms with Crippen LogP contribution < -0.4 is 5.43 Å². The van der Waals surface area contributed by atoms with Crippen LogP contribution in [-0.4, -0.2) is 16.6 Å². The van der Waals surface area contributed by atoms with Crippen LogP contribution in [0.2, 0.25) is 0 Å². The first-order valence-corrected chi connectivity index (χ1v) is 7.98. The number of nitrogens with one attached hydrogen (secondary N) is 1. The van der Waals surface area contributed by atoms with Crippen molar-refractivity contribution in [2.75, 3.05) is 0 Å². The zero-order valence-corrected chi connectivity index (χ0v) is 13.2. The molecular formula is C19H16N3O2. The predicted octanol–water partition coefficient (Wildman–Crippen LogP) is 3.55. The fourth-order valence-electron chi connectivity index (χ4n) is 2.95. The monoisotopic (exact) mass is 318 g/mol. The maximum absolute atomic E-state index is 11.5. The number of amides is 1. The lowest BCUT2D eigenvalue weighted by molar-refractivity contribution is -0.122. The van der Waals surface area contributed by atoms with Gasteiger partial charge in [-0.2, -0.15) is 5.10 Å². The second-order valence-corrected chi connectivity index (χ2v) is 5.83. The summed E-state index contributed by atoms with van der Waals surface area (Å²) in [5.74, 6) is 0.680. The Hall–Kier alpha value is -2.95. The summed E-state index contributed by atoms with van der Waals surface area (Å²) in [6, 6.07) is 16.3. The molecule has 0 aliphatic carbocycles. The van der Waals surface area contributed by atoms with Gasteiger partial charge in [0.05, 0.1) is 5.71 Å². The van der Waals surface area contributed by atoms with Crippen LogP contribution in [0.15, 0.2) is 52.0 Å². The molecule has 5 heteroatoms. The molecule has 1 aliphatic rings. The molecule has 2 heterocycles. The van der Waals surface area contributed by atoms with Crippen molar-refractivity contribution in [3.05, 3.63) is 54.1 Å². The number of nitrogens with zero attached hydrogens (tertiary/aromatic N) is 2. The Bertz CT molecular complexity index is 928. The van der Waals surface area contributed by atoms with Gasteiger partial charge in [-0.05, 0) is 36.8 Å². The first kappa shape index (κ1) is 14.6. The van der Waals surface area contributed by atoms with E-state index in [1.807, 2.05) is 42.5 Å². The molecule has 0 saturated carbocycles. The molecule has 2 aromatic carbocycles. The Morgan fingerprint density at radius 1 is 1.25 bits per heavy atom. The summed E-state index contributed by atoms with van der Waals surface area (Å²) in [5.41, 5.74) is 6.86. The maximum atomic E-state index is 11.5. The number of fused-ring (bicyclic) bond motifs is 1. The van der Waals surface area contributed by atoms with Crippen molar-refractivity contribution >= 4 is 22.7 Å². The lowest BCUT2D eigenvalue weighted by Crippen LogP contribution is -2.33. The van der Waals surface area contributed by atoms with E-state index in [1.165, 1.54) is 0 Å². The van der Waals surface area contributed by atoms with Crippen molar-refractivity contribution in [2.45, 2.75) is 19.8 Å². The summed E-state index contributed by atoms with van der Waals surface area (Å²) < 4.78 is 5.91. The van der Waals surface area contributed by atoms with Gasteiger partial charge in [-0.1, -0.05) is 25.1 Å². The minimum atomic E-state index is -0.0329. The van der Waals surface area contributed by atoms with Crippen molar-refractivity contribution < 1.29 is 9.21 Å². The smallest absolute Gasteiger partial charge is 0.240 e. The third-order valence-electron chi connectivity index (χ3n) is 4.26. The summed E-state index contributed by atoms with van der Waals surface area (Å²) in [4.78, 5) is 16.1. The van der Waals surface area contributed by atoms with Gasteiger partial charge >= 0.3 is 0 Å². The van der Waals surface area contributed by atoms with Gasteiger partial charge in [0.2, 0.25) is 11.8 Å². The highest BCUT2D eigenvalue weighted by Crippen LogP contribution is 2.27. The second kappa shape index (κ2) is 5.92. The van der Waals surface area contributed by atoms with Crippen LogP contribution in [-0.2, 0) is 4.79 Å². The quantitative estimate of drug-likeness (QED) is 0.803. The Labute approximate surface area is 139 Å². The summed E-state index contributed by atoms with van der Waals surface area (Å²) in [6.45, 7) is 2.07. The van der Waals surface area contributed by atoms with Crippen molar-refractivity contribution in [1.82, 2.24) is 10.4 Å². The molecule has 1 N–H and O–H groups in total. The minimum absolute atomic E-state index is 0.0329. The van der Waals surface area contributed by atoms with Crippen LogP contribution in [0.1, 0.15) is 25.3 Å². The highest BCUT2D eigenvalue weighted by Gasteiger charge is 2.24. The number of carbonyl (C=O) groups excluding carboxylic acids is 1. The standard InChI is InChI=1S/C19H16N3O2/c1-2-12-11-17(23)21-22-18(12)14-8-9-15-16(10-14)24-19(20-15)13-6-4-3-5-7-13/h4-10,12H,2,11H2,1H3,(H,21,23). The average molecular weight is 318 g/mol. The lowest BCUT2D eigenvalue weighted by atomic mass is 9.90. The summed E-state index contributed by atoms with van der Waals surface area (Å²) in [5, 5.41) is 4.26. The van der Waals surface area contributed by atoms with E-state index in [-0.39, 0.29) is 11.8 Å². The van der Waals surface area contributed by atoms with E-state index in [0.29, 0.717) is 17.9 Å². The van der Waals surface area contributed by atoms with Gasteiger partial charge in [-0.25, -0.2) is 10.4 Å². The van der Waals surface area contributed by atoms with E-state index in [0.717, 1.165) is 28.8 Å². The van der Waals surface area contributed by atoms with Gasteiger partial charge < -0.3 is 4.42 Å². The topological polar surface area (TPSA) is 67.5 Å². The Morgan fingerprint density at radius 3 is 2.88 bits per heavy atom. The molecular weight excluding hydrogens is 302 g/mol. The van der Waals surface area contributed by atoms with Gasteiger partial charge in [0.1, 0.15) is 5.52 Å². The number of carbonyl (C=O) groups is 1. The van der Waals surface area contributed by atoms with Gasteiger partial charge in [0, 0.05) is 23.5 Å². The Morgan fingerprint density at radius 2 is 2.08 bits per heavy atom. The third-order valence-corrected chi connectivity index (χ3v) is 4.26. The highest BCUT2D eigenvalue weighted by atomic mass is 16.3. The molecule has 1 aliphatic heterocycles. The summed E-state index contributed by atoms with van der Waals surface area (Å²) >= 11 is 0. The molecule has 24 heavy (non-hydrogen) atoms. The van der Waals surface area contributed by atoms with E-state index in [2.05, 4.69) is 28.5 Å². The van der Waals surface area contributed by atoms with E-state index >= 15 is 0 Å². The fourth-order valence-corrected chi connectivity index (χ4v) is 2.95. The normalized spacial score (nSPS) is 17.6. The summed E-state index contributed by atoms with van der Waals surface area (Å²) in [7, 11) is 0. The maximum Gasteiger partial charge on any atom is 0.240 e. The van der Waals surface area contributed by atoms with Gasteiger partial charge in [-0.15, -0.1) is 0 Å². The number of rotatable bonds is 3. The number of benzene rings is 2. The fraction of sp³-hybridized carbons (Fsp3) is 0.211. The van der Waals surface area contributed by atoms with Gasteiger partial charge in [0.15, 0.2) is 5.58 Å². The molecule has 5 nitrogen and oxygen atoms in total. The molecule has 0 saturated heterocycles. The Kier molecular flexibility index (Phi) is 3.61.